The Kier molecular flexibility index (Phi) is 2.59. The number of pyridine rings is 1. The quantitative estimate of drug-likeness (QED) is 0.766. The van der Waals surface area contributed by atoms with Gasteiger partial charge < -0.3 is 14.1 Å². The Bertz CT molecular complexity index is 741. The van der Waals surface area contributed by atoms with E-state index in [1.807, 2.05) is 36.6 Å². The van der Waals surface area contributed by atoms with Gasteiger partial charge in [-0.05, 0) is 38.1 Å². The lowest BCUT2D eigenvalue weighted by atomic mass is 10.3. The standard InChI is InChI=1S/C14H13N3O2/c1-9-10(2)17-7-3-5-11(13(17)15-9)16-14(18)12-6-4-8-19-12/h3-8H,1-2H3,(H,16,18). The summed E-state index contributed by atoms with van der Waals surface area (Å²) in [6.07, 6.45) is 3.40. The molecule has 0 fully saturated rings. The van der Waals surface area contributed by atoms with Gasteiger partial charge in [0.05, 0.1) is 17.6 Å². The van der Waals surface area contributed by atoms with Gasteiger partial charge in [-0.1, -0.05) is 0 Å². The molecule has 0 aliphatic heterocycles. The number of amides is 1. The van der Waals surface area contributed by atoms with Crippen molar-refractivity contribution in [2.75, 3.05) is 5.32 Å². The maximum absolute atomic E-state index is 12.0. The fourth-order valence-electron chi connectivity index (χ4n) is 1.99. The highest BCUT2D eigenvalue weighted by molar-refractivity contribution is 6.04. The third-order valence-corrected chi connectivity index (χ3v) is 3.12. The molecule has 3 rings (SSSR count). The Morgan fingerprint density at radius 2 is 2.16 bits per heavy atom. The van der Waals surface area contributed by atoms with Crippen molar-refractivity contribution >= 4 is 17.2 Å². The van der Waals surface area contributed by atoms with Crippen LogP contribution < -0.4 is 5.32 Å². The lowest BCUT2D eigenvalue weighted by Gasteiger charge is -2.05. The molecule has 0 aromatic carbocycles. The van der Waals surface area contributed by atoms with E-state index in [1.54, 1.807) is 12.1 Å². The molecule has 0 radical (unpaired) electrons. The molecule has 0 unspecified atom stereocenters. The summed E-state index contributed by atoms with van der Waals surface area (Å²) in [5, 5.41) is 2.81. The van der Waals surface area contributed by atoms with Crippen LogP contribution in [0.1, 0.15) is 21.9 Å². The zero-order chi connectivity index (χ0) is 13.4. The van der Waals surface area contributed by atoms with Crippen molar-refractivity contribution in [2.24, 2.45) is 0 Å². The van der Waals surface area contributed by atoms with Crippen LogP contribution in [0.25, 0.3) is 5.65 Å². The smallest absolute Gasteiger partial charge is 0.291 e. The molecule has 96 valence electrons. The molecular formula is C14H13N3O2. The number of carbonyl (C=O) groups is 1. The van der Waals surface area contributed by atoms with Gasteiger partial charge in [-0.25, -0.2) is 4.98 Å². The van der Waals surface area contributed by atoms with Gasteiger partial charge >= 0.3 is 0 Å². The molecule has 1 N–H and O–H groups in total. The molecule has 0 aliphatic rings. The molecule has 0 aliphatic carbocycles. The summed E-state index contributed by atoms with van der Waals surface area (Å²) in [6, 6.07) is 7.00. The molecule has 0 saturated carbocycles. The van der Waals surface area contributed by atoms with Crippen molar-refractivity contribution in [3.05, 3.63) is 53.9 Å². The van der Waals surface area contributed by atoms with Gasteiger partial charge in [-0.3, -0.25) is 4.79 Å². The minimum atomic E-state index is -0.281. The lowest BCUT2D eigenvalue weighted by Crippen LogP contribution is -2.11. The number of fused-ring (bicyclic) bond motifs is 1. The fraction of sp³-hybridized carbons (Fsp3) is 0.143. The molecule has 3 aromatic rings. The summed E-state index contributed by atoms with van der Waals surface area (Å²) in [6.45, 7) is 3.94. The van der Waals surface area contributed by atoms with Crippen LogP contribution >= 0.6 is 0 Å². The Hall–Kier alpha value is -2.56. The van der Waals surface area contributed by atoms with E-state index in [2.05, 4.69) is 10.3 Å². The van der Waals surface area contributed by atoms with E-state index >= 15 is 0 Å². The molecule has 19 heavy (non-hydrogen) atoms. The second-order valence-corrected chi connectivity index (χ2v) is 4.33. The first-order valence-corrected chi connectivity index (χ1v) is 5.96. The summed E-state index contributed by atoms with van der Waals surface area (Å²) in [7, 11) is 0. The van der Waals surface area contributed by atoms with Crippen molar-refractivity contribution in [2.45, 2.75) is 13.8 Å². The van der Waals surface area contributed by atoms with E-state index in [0.29, 0.717) is 5.69 Å². The number of aromatic nitrogens is 2. The number of rotatable bonds is 2. The van der Waals surface area contributed by atoms with E-state index < -0.39 is 0 Å². The number of carbonyl (C=O) groups excluding carboxylic acids is 1. The van der Waals surface area contributed by atoms with Crippen LogP contribution in [-0.4, -0.2) is 15.3 Å². The highest BCUT2D eigenvalue weighted by Crippen LogP contribution is 2.20. The SMILES string of the molecule is Cc1nc2c(NC(=O)c3ccco3)cccn2c1C. The minimum Gasteiger partial charge on any atom is -0.459 e. The summed E-state index contributed by atoms with van der Waals surface area (Å²) >= 11 is 0. The third kappa shape index (κ3) is 1.89. The molecule has 5 heteroatoms. The van der Waals surface area contributed by atoms with Crippen LogP contribution in [0, 0.1) is 13.8 Å². The molecule has 1 amide bonds. The largest absolute Gasteiger partial charge is 0.459 e. The third-order valence-electron chi connectivity index (χ3n) is 3.12. The first kappa shape index (κ1) is 11.5. The van der Waals surface area contributed by atoms with Crippen molar-refractivity contribution in [3.8, 4) is 0 Å². The number of anilines is 1. The number of hydrogen-bond acceptors (Lipinski definition) is 3. The predicted molar refractivity (Wildman–Crippen MR) is 71.3 cm³/mol. The highest BCUT2D eigenvalue weighted by atomic mass is 16.3. The van der Waals surface area contributed by atoms with Crippen LogP contribution in [0.2, 0.25) is 0 Å². The molecule has 3 aromatic heterocycles. The van der Waals surface area contributed by atoms with Gasteiger partial charge in [0.2, 0.25) is 0 Å². The number of aryl methyl sites for hydroxylation is 2. The molecule has 5 nitrogen and oxygen atoms in total. The summed E-state index contributed by atoms with van der Waals surface area (Å²) in [4.78, 5) is 16.4. The second kappa shape index (κ2) is 4.28. The summed E-state index contributed by atoms with van der Waals surface area (Å²) in [5.74, 6) is -0.00147. The molecule has 0 spiro atoms. The van der Waals surface area contributed by atoms with Gasteiger partial charge in [0, 0.05) is 11.9 Å². The summed E-state index contributed by atoms with van der Waals surface area (Å²) < 4.78 is 7.02. The Labute approximate surface area is 109 Å². The predicted octanol–water partition coefficient (Wildman–Crippen LogP) is 2.80. The fourth-order valence-corrected chi connectivity index (χ4v) is 1.99. The monoisotopic (exact) mass is 255 g/mol. The Morgan fingerprint density at radius 3 is 2.89 bits per heavy atom. The zero-order valence-electron chi connectivity index (χ0n) is 10.7. The number of furan rings is 1. The van der Waals surface area contributed by atoms with Crippen LogP contribution in [-0.2, 0) is 0 Å². The average molecular weight is 255 g/mol. The Balaban J connectivity index is 2.02. The van der Waals surface area contributed by atoms with Crippen LogP contribution in [0.5, 0.6) is 0 Å². The second-order valence-electron chi connectivity index (χ2n) is 4.33. The highest BCUT2D eigenvalue weighted by Gasteiger charge is 2.13. The minimum absolute atomic E-state index is 0.280. The van der Waals surface area contributed by atoms with Crippen LogP contribution in [0.4, 0.5) is 5.69 Å². The van der Waals surface area contributed by atoms with Gasteiger partial charge in [-0.2, -0.15) is 0 Å². The van der Waals surface area contributed by atoms with E-state index in [0.717, 1.165) is 17.0 Å². The van der Waals surface area contributed by atoms with Crippen LogP contribution in [0.3, 0.4) is 0 Å². The van der Waals surface area contributed by atoms with Crippen molar-refractivity contribution in [1.29, 1.82) is 0 Å². The van der Waals surface area contributed by atoms with Crippen molar-refractivity contribution in [3.63, 3.8) is 0 Å². The van der Waals surface area contributed by atoms with E-state index in [1.165, 1.54) is 6.26 Å². The zero-order valence-corrected chi connectivity index (χ0v) is 10.7. The average Bonchev–Trinajstić information content (AvgIpc) is 3.01. The van der Waals surface area contributed by atoms with Gasteiger partial charge in [0.1, 0.15) is 0 Å². The van der Waals surface area contributed by atoms with Crippen molar-refractivity contribution in [1.82, 2.24) is 9.38 Å². The number of nitrogens with one attached hydrogen (secondary N) is 1. The van der Waals surface area contributed by atoms with E-state index in [4.69, 9.17) is 4.42 Å². The lowest BCUT2D eigenvalue weighted by molar-refractivity contribution is 0.0996. The maximum atomic E-state index is 12.0. The first-order valence-electron chi connectivity index (χ1n) is 5.96. The molecule has 0 saturated heterocycles. The molecule has 0 bridgehead atoms. The summed E-state index contributed by atoms with van der Waals surface area (Å²) in [5.41, 5.74) is 3.40. The van der Waals surface area contributed by atoms with Crippen LogP contribution in [0.15, 0.2) is 41.1 Å². The van der Waals surface area contributed by atoms with Gasteiger partial charge in [-0.15, -0.1) is 0 Å². The topological polar surface area (TPSA) is 59.5 Å². The first-order chi connectivity index (χ1) is 9.16. The molecular weight excluding hydrogens is 242 g/mol. The van der Waals surface area contributed by atoms with E-state index in [9.17, 15) is 4.79 Å². The molecule has 0 atom stereocenters. The van der Waals surface area contributed by atoms with Gasteiger partial charge in [0.15, 0.2) is 11.4 Å². The number of imidazole rings is 1. The van der Waals surface area contributed by atoms with Crippen molar-refractivity contribution < 1.29 is 9.21 Å². The number of hydrogen-bond donors (Lipinski definition) is 1. The molecule has 3 heterocycles. The van der Waals surface area contributed by atoms with Gasteiger partial charge in [0.25, 0.3) is 5.91 Å². The van der Waals surface area contributed by atoms with E-state index in [-0.39, 0.29) is 11.7 Å². The normalized spacial score (nSPS) is 10.8. The Morgan fingerprint density at radius 1 is 1.32 bits per heavy atom. The maximum Gasteiger partial charge on any atom is 0.291 e. The number of nitrogens with zero attached hydrogens (tertiary/aromatic N) is 2.